The van der Waals surface area contributed by atoms with Gasteiger partial charge in [-0.3, -0.25) is 4.79 Å². The van der Waals surface area contributed by atoms with Crippen LogP contribution in [0.4, 0.5) is 0 Å². The first-order valence-corrected chi connectivity index (χ1v) is 7.84. The van der Waals surface area contributed by atoms with Crippen molar-refractivity contribution in [2.75, 3.05) is 21.3 Å². The topological polar surface area (TPSA) is 69.2 Å². The number of amides is 1. The van der Waals surface area contributed by atoms with Gasteiger partial charge >= 0.3 is 0 Å². The lowest BCUT2D eigenvalue weighted by Crippen LogP contribution is -2.18. The molecule has 2 rings (SSSR count). The standard InChI is InChI=1S/C17H16Cl2N2O4/c1-23-14-8-16(25-3)15(24-2)6-10(14)9-20-21-17(22)12-7-11(18)4-5-13(12)19/h4-9H,1-3H3,(H,21,22)/b20-9-. The molecule has 0 bridgehead atoms. The smallest absolute Gasteiger partial charge is 0.272 e. The lowest BCUT2D eigenvalue weighted by Gasteiger charge is -2.11. The first kappa shape index (κ1) is 18.9. The van der Waals surface area contributed by atoms with E-state index in [1.807, 2.05) is 0 Å². The first-order chi connectivity index (χ1) is 12.0. The number of benzene rings is 2. The van der Waals surface area contributed by atoms with Crippen molar-refractivity contribution in [1.29, 1.82) is 0 Å². The van der Waals surface area contributed by atoms with Crippen LogP contribution in [0.3, 0.4) is 0 Å². The van der Waals surface area contributed by atoms with Gasteiger partial charge in [0, 0.05) is 16.7 Å². The van der Waals surface area contributed by atoms with Gasteiger partial charge in [-0.25, -0.2) is 5.43 Å². The summed E-state index contributed by atoms with van der Waals surface area (Å²) in [5.74, 6) is 1.06. The Balaban J connectivity index is 2.21. The van der Waals surface area contributed by atoms with E-state index in [9.17, 15) is 4.79 Å². The minimum atomic E-state index is -0.483. The largest absolute Gasteiger partial charge is 0.496 e. The summed E-state index contributed by atoms with van der Waals surface area (Å²) >= 11 is 11.9. The van der Waals surface area contributed by atoms with E-state index in [1.54, 1.807) is 24.3 Å². The second kappa shape index (κ2) is 8.60. The Bertz CT molecular complexity index is 809. The van der Waals surface area contributed by atoms with Gasteiger partial charge in [-0.05, 0) is 24.3 Å². The number of halogens is 2. The molecule has 0 saturated carbocycles. The van der Waals surface area contributed by atoms with Crippen LogP contribution < -0.4 is 19.6 Å². The fourth-order valence-corrected chi connectivity index (χ4v) is 2.42. The number of carbonyl (C=O) groups is 1. The summed E-state index contributed by atoms with van der Waals surface area (Å²) in [6.07, 6.45) is 1.43. The molecule has 0 spiro atoms. The van der Waals surface area contributed by atoms with Crippen molar-refractivity contribution in [3.05, 3.63) is 51.5 Å². The molecule has 0 aliphatic heterocycles. The van der Waals surface area contributed by atoms with Gasteiger partial charge in [-0.15, -0.1) is 0 Å². The molecule has 0 radical (unpaired) electrons. The highest BCUT2D eigenvalue weighted by Crippen LogP contribution is 2.33. The van der Waals surface area contributed by atoms with Crippen LogP contribution in [0.1, 0.15) is 15.9 Å². The lowest BCUT2D eigenvalue weighted by atomic mass is 10.2. The van der Waals surface area contributed by atoms with Crippen LogP contribution in [0.2, 0.25) is 10.0 Å². The van der Waals surface area contributed by atoms with Gasteiger partial charge in [-0.1, -0.05) is 23.2 Å². The third kappa shape index (κ3) is 4.55. The van der Waals surface area contributed by atoms with Crippen LogP contribution in [-0.2, 0) is 0 Å². The molecule has 132 valence electrons. The number of carbonyl (C=O) groups excluding carboxylic acids is 1. The van der Waals surface area contributed by atoms with Gasteiger partial charge < -0.3 is 14.2 Å². The van der Waals surface area contributed by atoms with Gasteiger partial charge in [0.25, 0.3) is 5.91 Å². The number of nitrogens with zero attached hydrogens (tertiary/aromatic N) is 1. The van der Waals surface area contributed by atoms with Crippen molar-refractivity contribution in [3.8, 4) is 17.2 Å². The Morgan fingerprint density at radius 3 is 2.28 bits per heavy atom. The Kier molecular flexibility index (Phi) is 6.50. The Labute approximate surface area is 155 Å². The summed E-state index contributed by atoms with van der Waals surface area (Å²) in [6.45, 7) is 0. The predicted molar refractivity (Wildman–Crippen MR) is 97.6 cm³/mol. The molecule has 25 heavy (non-hydrogen) atoms. The summed E-state index contributed by atoms with van der Waals surface area (Å²) in [6, 6.07) is 7.94. The van der Waals surface area contributed by atoms with E-state index in [1.165, 1.54) is 33.6 Å². The predicted octanol–water partition coefficient (Wildman–Crippen LogP) is 3.78. The quantitative estimate of drug-likeness (QED) is 0.609. The van der Waals surface area contributed by atoms with E-state index < -0.39 is 5.91 Å². The van der Waals surface area contributed by atoms with Crippen molar-refractivity contribution in [2.24, 2.45) is 5.10 Å². The third-order valence-electron chi connectivity index (χ3n) is 3.28. The molecule has 0 aliphatic carbocycles. The molecule has 0 heterocycles. The highest BCUT2D eigenvalue weighted by molar-refractivity contribution is 6.35. The average molecular weight is 383 g/mol. The molecule has 0 atom stereocenters. The fourth-order valence-electron chi connectivity index (χ4n) is 2.05. The summed E-state index contributed by atoms with van der Waals surface area (Å²) in [4.78, 5) is 12.1. The molecule has 2 aromatic rings. The molecular formula is C17H16Cl2N2O4. The average Bonchev–Trinajstić information content (AvgIpc) is 2.62. The van der Waals surface area contributed by atoms with E-state index in [0.29, 0.717) is 27.8 Å². The van der Waals surface area contributed by atoms with Gasteiger partial charge in [0.15, 0.2) is 11.5 Å². The third-order valence-corrected chi connectivity index (χ3v) is 3.84. The number of ether oxygens (including phenoxy) is 3. The maximum atomic E-state index is 12.1. The zero-order valence-electron chi connectivity index (χ0n) is 13.8. The summed E-state index contributed by atoms with van der Waals surface area (Å²) < 4.78 is 15.7. The molecule has 1 N–H and O–H groups in total. The Hall–Kier alpha value is -2.44. The molecule has 0 fully saturated rings. The van der Waals surface area contributed by atoms with Crippen LogP contribution in [0.5, 0.6) is 17.2 Å². The minimum Gasteiger partial charge on any atom is -0.496 e. The number of nitrogens with one attached hydrogen (secondary N) is 1. The summed E-state index contributed by atoms with van der Waals surface area (Å²) in [5.41, 5.74) is 3.22. The van der Waals surface area contributed by atoms with E-state index in [-0.39, 0.29) is 10.6 Å². The van der Waals surface area contributed by atoms with E-state index in [4.69, 9.17) is 37.4 Å². The summed E-state index contributed by atoms with van der Waals surface area (Å²) in [5, 5.41) is 4.61. The highest BCUT2D eigenvalue weighted by Gasteiger charge is 2.12. The first-order valence-electron chi connectivity index (χ1n) is 7.08. The monoisotopic (exact) mass is 382 g/mol. The maximum absolute atomic E-state index is 12.1. The molecular weight excluding hydrogens is 367 g/mol. The SMILES string of the molecule is COc1cc(OC)c(OC)cc1/C=N\NC(=O)c1cc(Cl)ccc1Cl. The molecule has 0 aromatic heterocycles. The van der Waals surface area contributed by atoms with Gasteiger partial charge in [0.1, 0.15) is 5.75 Å². The van der Waals surface area contributed by atoms with Gasteiger partial charge in [-0.2, -0.15) is 5.10 Å². The van der Waals surface area contributed by atoms with Crippen molar-refractivity contribution in [2.45, 2.75) is 0 Å². The second-order valence-electron chi connectivity index (χ2n) is 4.77. The van der Waals surface area contributed by atoms with Crippen molar-refractivity contribution < 1.29 is 19.0 Å². The number of rotatable bonds is 6. The van der Waals surface area contributed by atoms with Crippen molar-refractivity contribution >= 4 is 35.3 Å². The number of hydrogen-bond donors (Lipinski definition) is 1. The number of hydrazone groups is 1. The van der Waals surface area contributed by atoms with Gasteiger partial charge in [0.05, 0.1) is 38.1 Å². The molecule has 0 unspecified atom stereocenters. The molecule has 6 nitrogen and oxygen atoms in total. The molecule has 0 saturated heterocycles. The Morgan fingerprint density at radius 2 is 1.64 bits per heavy atom. The van der Waals surface area contributed by atoms with E-state index in [0.717, 1.165) is 0 Å². The van der Waals surface area contributed by atoms with Gasteiger partial charge in [0.2, 0.25) is 0 Å². The van der Waals surface area contributed by atoms with Crippen LogP contribution in [0.15, 0.2) is 35.4 Å². The maximum Gasteiger partial charge on any atom is 0.272 e. The van der Waals surface area contributed by atoms with Crippen molar-refractivity contribution in [3.63, 3.8) is 0 Å². The second-order valence-corrected chi connectivity index (χ2v) is 5.62. The van der Waals surface area contributed by atoms with Crippen LogP contribution in [0, 0.1) is 0 Å². The van der Waals surface area contributed by atoms with E-state index in [2.05, 4.69) is 10.5 Å². The zero-order valence-corrected chi connectivity index (χ0v) is 15.3. The molecule has 1 amide bonds. The zero-order chi connectivity index (χ0) is 18.4. The van der Waals surface area contributed by atoms with E-state index >= 15 is 0 Å². The Morgan fingerprint density at radius 1 is 1.00 bits per heavy atom. The lowest BCUT2D eigenvalue weighted by molar-refractivity contribution is 0.0955. The van der Waals surface area contributed by atoms with Crippen LogP contribution in [0.25, 0.3) is 0 Å². The highest BCUT2D eigenvalue weighted by atomic mass is 35.5. The van der Waals surface area contributed by atoms with Crippen LogP contribution in [-0.4, -0.2) is 33.5 Å². The normalized spacial score (nSPS) is 10.6. The summed E-state index contributed by atoms with van der Waals surface area (Å²) in [7, 11) is 4.57. The molecule has 8 heteroatoms. The van der Waals surface area contributed by atoms with Crippen LogP contribution >= 0.6 is 23.2 Å². The number of methoxy groups -OCH3 is 3. The van der Waals surface area contributed by atoms with Crippen molar-refractivity contribution in [1.82, 2.24) is 5.43 Å². The molecule has 2 aromatic carbocycles. The number of hydrogen-bond acceptors (Lipinski definition) is 5. The minimum absolute atomic E-state index is 0.227. The fraction of sp³-hybridized carbons (Fsp3) is 0.176. The molecule has 0 aliphatic rings.